The third kappa shape index (κ3) is 3.91. The van der Waals surface area contributed by atoms with Crippen LogP contribution in [-0.2, 0) is 9.47 Å². The highest BCUT2D eigenvalue weighted by Crippen LogP contribution is 2.19. The molecule has 0 aliphatic carbocycles. The minimum atomic E-state index is 0.311. The van der Waals surface area contributed by atoms with Gasteiger partial charge in [-0.1, -0.05) is 6.07 Å². The van der Waals surface area contributed by atoms with Gasteiger partial charge >= 0.3 is 0 Å². The van der Waals surface area contributed by atoms with E-state index in [-0.39, 0.29) is 0 Å². The average Bonchev–Trinajstić information content (AvgIpc) is 2.48. The number of aromatic nitrogens is 1. The molecule has 5 nitrogen and oxygen atoms in total. The lowest BCUT2D eigenvalue weighted by Gasteiger charge is -2.32. The van der Waals surface area contributed by atoms with Crippen molar-refractivity contribution in [2.24, 2.45) is 0 Å². The van der Waals surface area contributed by atoms with Gasteiger partial charge in [-0.25, -0.2) is 4.98 Å². The number of ether oxygens (including phenoxy) is 2. The quantitative estimate of drug-likeness (QED) is 0.753. The van der Waals surface area contributed by atoms with Crippen LogP contribution in [0.3, 0.4) is 0 Å². The van der Waals surface area contributed by atoms with Crippen molar-refractivity contribution >= 4 is 5.82 Å². The van der Waals surface area contributed by atoms with Crippen molar-refractivity contribution in [3.63, 3.8) is 0 Å². The van der Waals surface area contributed by atoms with Crippen LogP contribution < -0.4 is 4.90 Å². The molecule has 5 heteroatoms. The molecule has 1 fully saturated rings. The SMILES string of the molecule is COCCOC1CCN(c2cccc(C#N)n2)CC1. The summed E-state index contributed by atoms with van der Waals surface area (Å²) in [4.78, 5) is 6.52. The zero-order valence-electron chi connectivity index (χ0n) is 11.2. The summed E-state index contributed by atoms with van der Waals surface area (Å²) in [5.41, 5.74) is 0.468. The second kappa shape index (κ2) is 7.07. The summed E-state index contributed by atoms with van der Waals surface area (Å²) >= 11 is 0. The number of methoxy groups -OCH3 is 1. The van der Waals surface area contributed by atoms with Crippen LogP contribution in [0.5, 0.6) is 0 Å². The summed E-state index contributed by atoms with van der Waals surface area (Å²) in [6.07, 6.45) is 2.29. The molecule has 1 aromatic rings. The minimum Gasteiger partial charge on any atom is -0.382 e. The van der Waals surface area contributed by atoms with Crippen LogP contribution in [0.25, 0.3) is 0 Å². The molecule has 19 heavy (non-hydrogen) atoms. The first kappa shape index (κ1) is 13.8. The van der Waals surface area contributed by atoms with Crippen LogP contribution >= 0.6 is 0 Å². The van der Waals surface area contributed by atoms with Crippen LogP contribution in [0.2, 0.25) is 0 Å². The molecule has 1 saturated heterocycles. The van der Waals surface area contributed by atoms with E-state index in [0.29, 0.717) is 25.0 Å². The maximum atomic E-state index is 8.86. The van der Waals surface area contributed by atoms with Gasteiger partial charge in [-0.05, 0) is 25.0 Å². The Kier molecular flexibility index (Phi) is 5.13. The fourth-order valence-corrected chi connectivity index (χ4v) is 2.21. The Bertz CT molecular complexity index is 437. The van der Waals surface area contributed by atoms with Crippen molar-refractivity contribution < 1.29 is 9.47 Å². The van der Waals surface area contributed by atoms with E-state index in [1.165, 1.54) is 0 Å². The molecule has 0 atom stereocenters. The second-order valence-corrected chi connectivity index (χ2v) is 4.54. The molecular weight excluding hydrogens is 242 g/mol. The fraction of sp³-hybridized carbons (Fsp3) is 0.571. The molecule has 1 aromatic heterocycles. The molecule has 1 aliphatic heterocycles. The van der Waals surface area contributed by atoms with Crippen molar-refractivity contribution in [2.75, 3.05) is 38.3 Å². The number of pyridine rings is 1. The largest absolute Gasteiger partial charge is 0.382 e. The Morgan fingerprint density at radius 1 is 1.37 bits per heavy atom. The number of nitriles is 1. The molecule has 102 valence electrons. The first-order valence-corrected chi connectivity index (χ1v) is 6.56. The van der Waals surface area contributed by atoms with Crippen molar-refractivity contribution in [3.05, 3.63) is 23.9 Å². The maximum absolute atomic E-state index is 8.86. The summed E-state index contributed by atoms with van der Waals surface area (Å²) in [7, 11) is 1.68. The van der Waals surface area contributed by atoms with E-state index in [1.807, 2.05) is 12.1 Å². The van der Waals surface area contributed by atoms with Gasteiger partial charge in [0.1, 0.15) is 17.6 Å². The van der Waals surface area contributed by atoms with Gasteiger partial charge in [0.2, 0.25) is 0 Å². The number of hydrogen-bond donors (Lipinski definition) is 0. The number of hydrogen-bond acceptors (Lipinski definition) is 5. The van der Waals surface area contributed by atoms with Gasteiger partial charge < -0.3 is 14.4 Å². The number of piperidine rings is 1. The van der Waals surface area contributed by atoms with Crippen molar-refractivity contribution in [1.82, 2.24) is 4.98 Å². The van der Waals surface area contributed by atoms with Gasteiger partial charge in [0.15, 0.2) is 0 Å². The summed E-state index contributed by atoms with van der Waals surface area (Å²) in [5.74, 6) is 0.884. The smallest absolute Gasteiger partial charge is 0.142 e. The topological polar surface area (TPSA) is 58.4 Å². The van der Waals surface area contributed by atoms with E-state index in [0.717, 1.165) is 31.7 Å². The van der Waals surface area contributed by atoms with Crippen LogP contribution in [-0.4, -0.2) is 44.5 Å². The lowest BCUT2D eigenvalue weighted by Crippen LogP contribution is -2.37. The molecule has 0 aromatic carbocycles. The summed E-state index contributed by atoms with van der Waals surface area (Å²) in [5, 5.41) is 8.86. The summed E-state index contributed by atoms with van der Waals surface area (Å²) < 4.78 is 10.7. The Morgan fingerprint density at radius 2 is 2.16 bits per heavy atom. The molecule has 1 aliphatic rings. The maximum Gasteiger partial charge on any atom is 0.142 e. The molecule has 0 spiro atoms. The van der Waals surface area contributed by atoms with Crippen LogP contribution in [0.15, 0.2) is 18.2 Å². The highest BCUT2D eigenvalue weighted by molar-refractivity contribution is 5.41. The van der Waals surface area contributed by atoms with Crippen LogP contribution in [0.1, 0.15) is 18.5 Å². The van der Waals surface area contributed by atoms with Gasteiger partial charge in [-0.2, -0.15) is 5.26 Å². The van der Waals surface area contributed by atoms with E-state index in [1.54, 1.807) is 13.2 Å². The molecule has 0 unspecified atom stereocenters. The molecule has 2 heterocycles. The zero-order chi connectivity index (χ0) is 13.5. The lowest BCUT2D eigenvalue weighted by atomic mass is 10.1. The number of nitrogens with zero attached hydrogens (tertiary/aromatic N) is 3. The van der Waals surface area contributed by atoms with E-state index >= 15 is 0 Å². The van der Waals surface area contributed by atoms with Gasteiger partial charge in [0.25, 0.3) is 0 Å². The summed E-state index contributed by atoms with van der Waals surface area (Å²) in [6.45, 7) is 3.13. The molecule has 2 rings (SSSR count). The van der Waals surface area contributed by atoms with Gasteiger partial charge in [0, 0.05) is 20.2 Å². The van der Waals surface area contributed by atoms with Crippen molar-refractivity contribution in [2.45, 2.75) is 18.9 Å². The Hall–Kier alpha value is -1.64. The van der Waals surface area contributed by atoms with Crippen molar-refractivity contribution in [3.8, 4) is 6.07 Å². The zero-order valence-corrected chi connectivity index (χ0v) is 11.2. The standard InChI is InChI=1S/C14H19N3O2/c1-18-9-10-19-13-5-7-17(8-6-13)14-4-2-3-12(11-15)16-14/h2-4,13H,5-10H2,1H3. The molecule has 0 saturated carbocycles. The predicted molar refractivity (Wildman–Crippen MR) is 72.0 cm³/mol. The molecule has 0 amide bonds. The molecule has 0 radical (unpaired) electrons. The van der Waals surface area contributed by atoms with Crippen molar-refractivity contribution in [1.29, 1.82) is 5.26 Å². The fourth-order valence-electron chi connectivity index (χ4n) is 2.21. The average molecular weight is 261 g/mol. The number of rotatable bonds is 5. The highest BCUT2D eigenvalue weighted by Gasteiger charge is 2.20. The molecule has 0 N–H and O–H groups in total. The third-order valence-electron chi connectivity index (χ3n) is 3.26. The summed E-state index contributed by atoms with van der Waals surface area (Å²) in [6, 6.07) is 7.63. The van der Waals surface area contributed by atoms with E-state index in [4.69, 9.17) is 14.7 Å². The molecule has 0 bridgehead atoms. The lowest BCUT2D eigenvalue weighted by molar-refractivity contribution is 0.00604. The van der Waals surface area contributed by atoms with E-state index in [9.17, 15) is 0 Å². The van der Waals surface area contributed by atoms with Crippen LogP contribution in [0, 0.1) is 11.3 Å². The molecular formula is C14H19N3O2. The van der Waals surface area contributed by atoms with Crippen LogP contribution in [0.4, 0.5) is 5.82 Å². The Labute approximate surface area is 113 Å². The minimum absolute atomic E-state index is 0.311. The van der Waals surface area contributed by atoms with Gasteiger partial charge in [-0.15, -0.1) is 0 Å². The highest BCUT2D eigenvalue weighted by atomic mass is 16.5. The Morgan fingerprint density at radius 3 is 2.84 bits per heavy atom. The van der Waals surface area contributed by atoms with Gasteiger partial charge in [0.05, 0.1) is 19.3 Å². The number of anilines is 1. The predicted octanol–water partition coefficient (Wildman–Crippen LogP) is 1.59. The van der Waals surface area contributed by atoms with E-state index < -0.39 is 0 Å². The normalized spacial score (nSPS) is 16.3. The van der Waals surface area contributed by atoms with E-state index in [2.05, 4.69) is 16.0 Å². The third-order valence-corrected chi connectivity index (χ3v) is 3.26. The monoisotopic (exact) mass is 261 g/mol. The second-order valence-electron chi connectivity index (χ2n) is 4.54. The Balaban J connectivity index is 1.84. The first-order valence-electron chi connectivity index (χ1n) is 6.56. The first-order chi connectivity index (χ1) is 9.33. The van der Waals surface area contributed by atoms with Gasteiger partial charge in [-0.3, -0.25) is 0 Å².